The first-order valence-corrected chi connectivity index (χ1v) is 9.47. The fourth-order valence-corrected chi connectivity index (χ4v) is 3.57. The first-order chi connectivity index (χ1) is 14.2. The molecule has 2 aromatic heterocycles. The number of carbonyl (C=O) groups is 1. The number of alkyl halides is 3. The number of anilines is 1. The highest BCUT2D eigenvalue weighted by molar-refractivity contribution is 5.93. The normalized spacial score (nSPS) is 18.6. The van der Waals surface area contributed by atoms with E-state index in [4.69, 9.17) is 0 Å². The predicted molar refractivity (Wildman–Crippen MR) is 104 cm³/mol. The van der Waals surface area contributed by atoms with Crippen LogP contribution in [0.3, 0.4) is 0 Å². The number of amides is 1. The fourth-order valence-electron chi connectivity index (χ4n) is 3.57. The second-order valence-electron chi connectivity index (χ2n) is 7.32. The van der Waals surface area contributed by atoms with Gasteiger partial charge in [0.25, 0.3) is 5.91 Å². The van der Waals surface area contributed by atoms with Crippen molar-refractivity contribution in [3.63, 3.8) is 0 Å². The van der Waals surface area contributed by atoms with Crippen molar-refractivity contribution < 1.29 is 18.0 Å². The van der Waals surface area contributed by atoms with Crippen molar-refractivity contribution in [1.29, 1.82) is 0 Å². The molecule has 1 aliphatic heterocycles. The topological polar surface area (TPSA) is 76.8 Å². The summed E-state index contributed by atoms with van der Waals surface area (Å²) in [6.07, 6.45) is -3.06. The molecule has 30 heavy (non-hydrogen) atoms. The van der Waals surface area contributed by atoms with Crippen molar-refractivity contribution in [2.45, 2.75) is 38.1 Å². The van der Waals surface area contributed by atoms with E-state index in [-0.39, 0.29) is 24.5 Å². The lowest BCUT2D eigenvalue weighted by Gasteiger charge is -2.33. The standard InChI is InChI=1S/C20H21F3N6O/c1-12-14(11-25-28(12)2)10-24-19(30)16-9-18-26-15(13-6-4-3-5-7-13)8-17(20(21,22)23)29(18)27-16/h3-7,9,11,15,17,26H,8,10H2,1-2H3,(H,24,30)/t15-,17-/m1/s1. The smallest absolute Gasteiger partial charge is 0.363 e. The van der Waals surface area contributed by atoms with Gasteiger partial charge in [0.15, 0.2) is 11.7 Å². The summed E-state index contributed by atoms with van der Waals surface area (Å²) in [6, 6.07) is 7.94. The van der Waals surface area contributed by atoms with E-state index in [1.807, 2.05) is 13.0 Å². The van der Waals surface area contributed by atoms with Gasteiger partial charge in [0.2, 0.25) is 0 Å². The molecular formula is C20H21F3N6O. The minimum absolute atomic E-state index is 0.0676. The van der Waals surface area contributed by atoms with Gasteiger partial charge in [0.05, 0.1) is 12.2 Å². The molecule has 0 saturated carbocycles. The molecule has 1 amide bonds. The van der Waals surface area contributed by atoms with Crippen LogP contribution >= 0.6 is 0 Å². The van der Waals surface area contributed by atoms with Crippen molar-refractivity contribution in [2.24, 2.45) is 7.05 Å². The van der Waals surface area contributed by atoms with E-state index in [0.717, 1.165) is 21.5 Å². The highest BCUT2D eigenvalue weighted by Crippen LogP contribution is 2.43. The lowest BCUT2D eigenvalue weighted by Crippen LogP contribution is -2.35. The third kappa shape index (κ3) is 3.77. The molecule has 3 aromatic rings. The molecular weight excluding hydrogens is 397 g/mol. The Labute approximate surface area is 170 Å². The molecule has 0 unspecified atom stereocenters. The maximum atomic E-state index is 13.7. The van der Waals surface area contributed by atoms with E-state index >= 15 is 0 Å². The first-order valence-electron chi connectivity index (χ1n) is 9.47. The molecule has 0 radical (unpaired) electrons. The van der Waals surface area contributed by atoms with E-state index < -0.39 is 24.2 Å². The molecule has 0 fully saturated rings. The van der Waals surface area contributed by atoms with Crippen molar-refractivity contribution in [1.82, 2.24) is 24.9 Å². The second-order valence-corrected chi connectivity index (χ2v) is 7.32. The summed E-state index contributed by atoms with van der Waals surface area (Å²) in [4.78, 5) is 12.5. The van der Waals surface area contributed by atoms with Crippen LogP contribution in [0, 0.1) is 6.92 Å². The predicted octanol–water partition coefficient (Wildman–Crippen LogP) is 3.52. The van der Waals surface area contributed by atoms with Crippen LogP contribution in [0.4, 0.5) is 19.0 Å². The molecule has 4 rings (SSSR count). The number of carbonyl (C=O) groups excluding carboxylic acids is 1. The van der Waals surface area contributed by atoms with Gasteiger partial charge in [-0.1, -0.05) is 30.3 Å². The second kappa shape index (κ2) is 7.51. The molecule has 2 atom stereocenters. The van der Waals surface area contributed by atoms with Gasteiger partial charge in [-0.05, 0) is 12.5 Å². The molecule has 0 aliphatic carbocycles. The molecule has 0 bridgehead atoms. The average molecular weight is 418 g/mol. The molecule has 10 heteroatoms. The summed E-state index contributed by atoms with van der Waals surface area (Å²) in [5.41, 5.74) is 2.40. The quantitative estimate of drug-likeness (QED) is 0.680. The number of aromatic nitrogens is 4. The summed E-state index contributed by atoms with van der Waals surface area (Å²) in [6.45, 7) is 2.08. The number of benzene rings is 1. The van der Waals surface area contributed by atoms with Crippen LogP contribution in [0.15, 0.2) is 42.6 Å². The Bertz CT molecular complexity index is 1060. The maximum Gasteiger partial charge on any atom is 0.410 e. The van der Waals surface area contributed by atoms with Gasteiger partial charge < -0.3 is 10.6 Å². The van der Waals surface area contributed by atoms with E-state index in [9.17, 15) is 18.0 Å². The van der Waals surface area contributed by atoms with Crippen LogP contribution < -0.4 is 10.6 Å². The van der Waals surface area contributed by atoms with Crippen LogP contribution in [0.1, 0.15) is 45.8 Å². The Balaban J connectivity index is 1.57. The number of hydrogen-bond acceptors (Lipinski definition) is 4. The van der Waals surface area contributed by atoms with Crippen LogP contribution in [0.25, 0.3) is 0 Å². The zero-order valence-electron chi connectivity index (χ0n) is 16.4. The molecule has 2 N–H and O–H groups in total. The van der Waals surface area contributed by atoms with Crippen LogP contribution in [0.5, 0.6) is 0 Å². The van der Waals surface area contributed by atoms with Gasteiger partial charge in [0, 0.05) is 37.3 Å². The van der Waals surface area contributed by atoms with E-state index in [2.05, 4.69) is 20.8 Å². The SMILES string of the molecule is Cc1c(CNC(=O)c2cc3n(n2)[C@@H](C(F)(F)F)C[C@H](c2ccccc2)N3)cnn1C. The summed E-state index contributed by atoms with van der Waals surface area (Å²) in [7, 11) is 1.79. The van der Waals surface area contributed by atoms with Crippen molar-refractivity contribution in [3.05, 3.63) is 65.1 Å². The van der Waals surface area contributed by atoms with E-state index in [1.54, 1.807) is 42.2 Å². The number of rotatable bonds is 4. The monoisotopic (exact) mass is 418 g/mol. The molecule has 1 aliphatic rings. The van der Waals surface area contributed by atoms with Gasteiger partial charge in [-0.25, -0.2) is 4.68 Å². The van der Waals surface area contributed by atoms with E-state index in [0.29, 0.717) is 0 Å². The Morgan fingerprint density at radius 2 is 2.03 bits per heavy atom. The number of halogens is 3. The molecule has 0 saturated heterocycles. The van der Waals surface area contributed by atoms with Gasteiger partial charge in [-0.15, -0.1) is 0 Å². The highest BCUT2D eigenvalue weighted by atomic mass is 19.4. The Morgan fingerprint density at radius 1 is 1.30 bits per heavy atom. The van der Waals surface area contributed by atoms with Crippen LogP contribution in [-0.4, -0.2) is 31.6 Å². The Hall–Kier alpha value is -3.30. The van der Waals surface area contributed by atoms with Crippen LogP contribution in [-0.2, 0) is 13.6 Å². The summed E-state index contributed by atoms with van der Waals surface area (Å²) in [5, 5.41) is 13.9. The molecule has 158 valence electrons. The number of hydrogen-bond donors (Lipinski definition) is 2. The molecule has 0 spiro atoms. The zero-order valence-corrected chi connectivity index (χ0v) is 16.4. The van der Waals surface area contributed by atoms with Crippen molar-refractivity contribution in [3.8, 4) is 0 Å². The Kier molecular flexibility index (Phi) is 5.00. The van der Waals surface area contributed by atoms with Gasteiger partial charge in [-0.2, -0.15) is 23.4 Å². The lowest BCUT2D eigenvalue weighted by molar-refractivity contribution is -0.173. The molecule has 3 heterocycles. The van der Waals surface area contributed by atoms with Crippen LogP contribution in [0.2, 0.25) is 0 Å². The summed E-state index contributed by atoms with van der Waals surface area (Å²) in [5.74, 6) is -0.376. The summed E-state index contributed by atoms with van der Waals surface area (Å²) >= 11 is 0. The minimum atomic E-state index is -4.49. The van der Waals surface area contributed by atoms with Gasteiger partial charge in [-0.3, -0.25) is 9.48 Å². The highest BCUT2D eigenvalue weighted by Gasteiger charge is 2.46. The summed E-state index contributed by atoms with van der Waals surface area (Å²) < 4.78 is 43.8. The minimum Gasteiger partial charge on any atom is -0.363 e. The lowest BCUT2D eigenvalue weighted by atomic mass is 9.97. The van der Waals surface area contributed by atoms with E-state index in [1.165, 1.54) is 6.07 Å². The average Bonchev–Trinajstić information content (AvgIpc) is 3.29. The van der Waals surface area contributed by atoms with Gasteiger partial charge in [0.1, 0.15) is 5.82 Å². The third-order valence-corrected chi connectivity index (χ3v) is 5.40. The first kappa shape index (κ1) is 20.0. The molecule has 1 aromatic carbocycles. The fraction of sp³-hybridized carbons (Fsp3) is 0.350. The maximum absolute atomic E-state index is 13.7. The number of aryl methyl sites for hydroxylation is 1. The zero-order chi connectivity index (χ0) is 21.5. The number of fused-ring (bicyclic) bond motifs is 1. The number of nitrogens with one attached hydrogen (secondary N) is 2. The Morgan fingerprint density at radius 3 is 2.67 bits per heavy atom. The van der Waals surface area contributed by atoms with Crippen molar-refractivity contribution >= 4 is 11.7 Å². The third-order valence-electron chi connectivity index (χ3n) is 5.40. The van der Waals surface area contributed by atoms with Crippen molar-refractivity contribution in [2.75, 3.05) is 5.32 Å². The van der Waals surface area contributed by atoms with Gasteiger partial charge >= 0.3 is 6.18 Å². The largest absolute Gasteiger partial charge is 0.410 e. The molecule has 7 nitrogen and oxygen atoms in total. The number of nitrogens with zero attached hydrogens (tertiary/aromatic N) is 4.